The Balaban J connectivity index is 4.57. The van der Waals surface area contributed by atoms with Crippen molar-refractivity contribution < 1.29 is 75.8 Å². The first-order valence-electron chi connectivity index (χ1n) is 46.8. The van der Waals surface area contributed by atoms with Crippen molar-refractivity contribution in [2.24, 2.45) is 0 Å². The lowest BCUT2D eigenvalue weighted by Gasteiger charge is -2.21. The van der Waals surface area contributed by atoms with Gasteiger partial charge in [-0.15, -0.1) is 0 Å². The van der Waals surface area contributed by atoms with Crippen LogP contribution in [0.4, 0.5) is 0 Å². The van der Waals surface area contributed by atoms with E-state index in [4.69, 9.17) is 32.3 Å². The predicted molar refractivity (Wildman–Crippen MR) is 491 cm³/mol. The number of hydrogen-bond acceptors (Lipinski definition) is 14. The first kappa shape index (κ1) is 112. The van der Waals surface area contributed by atoms with Crippen LogP contribution in [0, 0.1) is 0 Å². The van der Waals surface area contributed by atoms with Crippen molar-refractivity contribution in [3.05, 3.63) is 158 Å². The molecule has 0 spiro atoms. The molecule has 0 aliphatic rings. The van der Waals surface area contributed by atoms with E-state index in [1.165, 1.54) is 173 Å². The van der Waals surface area contributed by atoms with Crippen LogP contribution in [0.3, 0.4) is 0 Å². The Bertz CT molecular complexity index is 2760. The van der Waals surface area contributed by atoms with Crippen LogP contribution in [-0.2, 0) is 55.8 Å². The summed E-state index contributed by atoms with van der Waals surface area (Å²) in [5, 5.41) is 20.7. The summed E-state index contributed by atoms with van der Waals surface area (Å²) in [5.41, 5.74) is 0. The SMILES string of the molecule is CC/C=C\C/C=C\C/C=C\C/C=C\C/C=C\CCCCCCCCCCCCCC(=O)OCC(COP(=O)(O)OCC(O)COP(=O)(O)OCC(O)COC(=O)CCCCCCCCCCCCCCCCCCC/C=C\C/C=C\C/C=C\C/C=C\CCCCC)OC(=O)CCCCCCC/C=C\C/C=C\C/C=C\C/C=C\CCCCC. The zero-order chi connectivity index (χ0) is 85.1. The van der Waals surface area contributed by atoms with Crippen LogP contribution < -0.4 is 0 Å². The van der Waals surface area contributed by atoms with Gasteiger partial charge in [-0.1, -0.05) is 378 Å². The summed E-state index contributed by atoms with van der Waals surface area (Å²) < 4.78 is 61.5. The van der Waals surface area contributed by atoms with Gasteiger partial charge < -0.3 is 34.2 Å². The summed E-state index contributed by atoms with van der Waals surface area (Å²) in [7, 11) is -9.82. The van der Waals surface area contributed by atoms with Crippen LogP contribution in [0.2, 0.25) is 0 Å². The minimum Gasteiger partial charge on any atom is -0.463 e. The Morgan fingerprint density at radius 2 is 0.453 bits per heavy atom. The number of aliphatic hydroxyl groups excluding tert-OH is 2. The highest BCUT2D eigenvalue weighted by Gasteiger charge is 2.29. The third-order valence-corrected chi connectivity index (χ3v) is 21.6. The number of phosphoric ester groups is 2. The molecule has 0 aromatic carbocycles. The number of ether oxygens (including phenoxy) is 3. The first-order chi connectivity index (χ1) is 57.2. The van der Waals surface area contributed by atoms with E-state index in [2.05, 4.69) is 179 Å². The van der Waals surface area contributed by atoms with Crippen molar-refractivity contribution in [1.29, 1.82) is 0 Å². The van der Waals surface area contributed by atoms with Crippen LogP contribution in [0.25, 0.3) is 0 Å². The van der Waals surface area contributed by atoms with E-state index >= 15 is 0 Å². The second kappa shape index (κ2) is 90.4. The first-order valence-corrected chi connectivity index (χ1v) is 49.8. The van der Waals surface area contributed by atoms with Crippen molar-refractivity contribution in [2.75, 3.05) is 39.6 Å². The largest absolute Gasteiger partial charge is 0.472 e. The molecule has 0 aromatic heterocycles. The Morgan fingerprint density at radius 3 is 0.718 bits per heavy atom. The lowest BCUT2D eigenvalue weighted by molar-refractivity contribution is -0.161. The number of esters is 3. The fourth-order valence-corrected chi connectivity index (χ4v) is 14.2. The topological polar surface area (TPSA) is 231 Å². The molecule has 0 aliphatic heterocycles. The molecule has 16 nitrogen and oxygen atoms in total. The predicted octanol–water partition coefficient (Wildman–Crippen LogP) is 28.9. The maximum atomic E-state index is 13.1. The Kier molecular flexibility index (Phi) is 86.7. The molecule has 117 heavy (non-hydrogen) atoms. The molecule has 0 amide bonds. The van der Waals surface area contributed by atoms with Gasteiger partial charge in [-0.25, -0.2) is 9.13 Å². The molecule has 0 radical (unpaired) electrons. The molecule has 0 heterocycles. The molecule has 672 valence electrons. The maximum absolute atomic E-state index is 13.1. The zero-order valence-corrected chi connectivity index (χ0v) is 75.9. The molecule has 0 rings (SSSR count). The molecule has 0 fully saturated rings. The molecule has 0 aliphatic carbocycles. The van der Waals surface area contributed by atoms with E-state index in [-0.39, 0.29) is 19.3 Å². The highest BCUT2D eigenvalue weighted by Crippen LogP contribution is 2.45. The molecule has 4 N–H and O–H groups in total. The van der Waals surface area contributed by atoms with E-state index in [0.717, 1.165) is 161 Å². The maximum Gasteiger partial charge on any atom is 0.472 e. The molecule has 0 bridgehead atoms. The van der Waals surface area contributed by atoms with Gasteiger partial charge in [0.25, 0.3) is 0 Å². The summed E-state index contributed by atoms with van der Waals surface area (Å²) >= 11 is 0. The summed E-state index contributed by atoms with van der Waals surface area (Å²) in [6.45, 7) is 2.54. The molecular formula is C99H170O16P2. The Labute approximate surface area is 714 Å². The van der Waals surface area contributed by atoms with Gasteiger partial charge in [-0.2, -0.15) is 0 Å². The third kappa shape index (κ3) is 91.7. The highest BCUT2D eigenvalue weighted by molar-refractivity contribution is 7.47. The van der Waals surface area contributed by atoms with Gasteiger partial charge in [0.15, 0.2) is 6.10 Å². The fraction of sp³-hybridized carbons (Fsp3) is 0.707. The minimum absolute atomic E-state index is 0.0794. The number of unbranched alkanes of at least 4 members (excludes halogenated alkanes) is 39. The molecule has 5 unspecified atom stereocenters. The summed E-state index contributed by atoms with van der Waals surface area (Å²) in [5.74, 6) is -1.59. The van der Waals surface area contributed by atoms with Crippen molar-refractivity contribution in [2.45, 2.75) is 411 Å². The van der Waals surface area contributed by atoms with Gasteiger partial charge in [0.2, 0.25) is 0 Å². The molecule has 5 atom stereocenters. The van der Waals surface area contributed by atoms with Gasteiger partial charge in [0.1, 0.15) is 25.4 Å². The quantitative estimate of drug-likeness (QED) is 0.0146. The summed E-state index contributed by atoms with van der Waals surface area (Å²) in [6, 6.07) is 0. The van der Waals surface area contributed by atoms with Crippen LogP contribution in [0.1, 0.15) is 393 Å². The number of carbonyl (C=O) groups excluding carboxylic acids is 3. The van der Waals surface area contributed by atoms with Crippen LogP contribution >= 0.6 is 15.6 Å². The number of hydrogen-bond donors (Lipinski definition) is 4. The number of allylic oxidation sites excluding steroid dienone is 26. The van der Waals surface area contributed by atoms with Crippen molar-refractivity contribution in [3.8, 4) is 0 Å². The van der Waals surface area contributed by atoms with E-state index in [0.29, 0.717) is 19.3 Å². The number of phosphoric acid groups is 2. The second-order valence-electron chi connectivity index (χ2n) is 31.1. The van der Waals surface area contributed by atoms with Crippen LogP contribution in [0.15, 0.2) is 158 Å². The molecule has 0 aromatic rings. The van der Waals surface area contributed by atoms with Gasteiger partial charge in [0.05, 0.1) is 26.4 Å². The van der Waals surface area contributed by atoms with E-state index < -0.39 is 91.5 Å². The van der Waals surface area contributed by atoms with Gasteiger partial charge >= 0.3 is 33.6 Å². The summed E-state index contributed by atoms with van der Waals surface area (Å²) in [6.07, 6.45) is 116. The van der Waals surface area contributed by atoms with Gasteiger partial charge in [-0.05, 0) is 154 Å². The van der Waals surface area contributed by atoms with Crippen molar-refractivity contribution >= 4 is 33.6 Å². The van der Waals surface area contributed by atoms with E-state index in [1.807, 2.05) is 0 Å². The van der Waals surface area contributed by atoms with Crippen LogP contribution in [-0.4, -0.2) is 95.9 Å². The van der Waals surface area contributed by atoms with E-state index in [1.54, 1.807) is 0 Å². The average Bonchev–Trinajstić information content (AvgIpc) is 0.894. The summed E-state index contributed by atoms with van der Waals surface area (Å²) in [4.78, 5) is 59.0. The Hall–Kier alpha value is -4.83. The lowest BCUT2D eigenvalue weighted by atomic mass is 10.0. The number of carbonyl (C=O) groups is 3. The molecule has 18 heteroatoms. The molecular weight excluding hydrogens is 1510 g/mol. The minimum atomic E-state index is -4.95. The second-order valence-corrected chi connectivity index (χ2v) is 34.0. The third-order valence-electron chi connectivity index (χ3n) is 19.7. The standard InChI is InChI=1S/C99H170O16P2/c1-4-7-10-13-16-19-22-25-28-31-34-37-39-41-43-44-45-46-47-48-50-52-53-56-58-61-64-67-70-73-76-79-82-85-97(102)109-88-94(100)89-111-116(105,106)112-90-95(101)91-113-117(107,108)114-93-96(115-99(104)87-84-81-78-75-72-69-66-63-60-55-36-33-30-27-24-21-18-15-12-9-6-3)92-110-98(103)86-83-80-77-74-71-68-65-62-59-57-54-51-49-42-40-38-35-32-29-26-23-20-17-14-11-8-5-2/h8,11,16-21,25-30,34-38,41-43,49,55,63,66,94-96,100-101H,4-7,9-10,12-15,22-24,31-33,39-40,44-48,50-54,56-62,64-65,67-93H2,1-3H3,(H,105,106)(H,107,108)/b11-8-,19-16-,20-17-,21-18-,28-25-,29-26-,30-27-,37-34-,38-35-,43-41-,49-42-,55-36-,66-63-. The average molecular weight is 1680 g/mol. The highest BCUT2D eigenvalue weighted by atomic mass is 31.2. The number of aliphatic hydroxyl groups is 2. The fourth-order valence-electron chi connectivity index (χ4n) is 12.6. The normalized spacial score (nSPS) is 14.5. The van der Waals surface area contributed by atoms with Crippen molar-refractivity contribution in [3.63, 3.8) is 0 Å². The molecule has 0 saturated carbocycles. The Morgan fingerprint density at radius 1 is 0.248 bits per heavy atom. The van der Waals surface area contributed by atoms with E-state index in [9.17, 15) is 43.5 Å². The lowest BCUT2D eigenvalue weighted by Crippen LogP contribution is -2.30. The number of rotatable bonds is 88. The smallest absolute Gasteiger partial charge is 0.463 e. The monoisotopic (exact) mass is 1680 g/mol. The van der Waals surface area contributed by atoms with Gasteiger partial charge in [-0.3, -0.25) is 32.5 Å². The van der Waals surface area contributed by atoms with Gasteiger partial charge in [0, 0.05) is 19.3 Å². The zero-order valence-electron chi connectivity index (χ0n) is 74.1. The molecule has 0 saturated heterocycles. The van der Waals surface area contributed by atoms with Crippen LogP contribution in [0.5, 0.6) is 0 Å². The van der Waals surface area contributed by atoms with Crippen molar-refractivity contribution in [1.82, 2.24) is 0 Å².